The normalized spacial score (nSPS) is 24.9. The van der Waals surface area contributed by atoms with Crippen molar-refractivity contribution in [2.24, 2.45) is 0 Å². The van der Waals surface area contributed by atoms with E-state index in [1.807, 2.05) is 0 Å². The summed E-state index contributed by atoms with van der Waals surface area (Å²) >= 11 is 0. The van der Waals surface area contributed by atoms with Gasteiger partial charge in [0.2, 0.25) is 5.95 Å². The fourth-order valence-electron chi connectivity index (χ4n) is 2.71. The first-order chi connectivity index (χ1) is 14.6. The zero-order valence-corrected chi connectivity index (χ0v) is 18.0. The second-order valence-electron chi connectivity index (χ2n) is 6.21. The molecule has 0 spiro atoms. The number of hydrogen-bond donors (Lipinski definition) is 8. The van der Waals surface area contributed by atoms with Crippen LogP contribution in [-0.4, -0.2) is 74.2 Å². The van der Waals surface area contributed by atoms with Gasteiger partial charge in [0.1, 0.15) is 18.3 Å². The highest BCUT2D eigenvalue weighted by Gasteiger charge is 2.48. The Balaban J connectivity index is 1.82. The molecule has 0 saturated carbocycles. The van der Waals surface area contributed by atoms with Gasteiger partial charge in [0.05, 0.1) is 12.9 Å². The Morgan fingerprint density at radius 2 is 1.72 bits per heavy atom. The molecule has 1 aliphatic rings. The van der Waals surface area contributed by atoms with Crippen molar-refractivity contribution in [3.63, 3.8) is 0 Å². The van der Waals surface area contributed by atoms with Crippen molar-refractivity contribution in [3.8, 4) is 0 Å². The highest BCUT2D eigenvalue weighted by atomic mass is 31.3. The molecular formula is C10H16N5O14P3. The highest BCUT2D eigenvalue weighted by molar-refractivity contribution is 7.66. The number of nitrogens with one attached hydrogen (secondary N) is 1. The summed E-state index contributed by atoms with van der Waals surface area (Å²) in [4.78, 5) is 56.8. The lowest BCUT2D eigenvalue weighted by Crippen LogP contribution is -2.33. The van der Waals surface area contributed by atoms with Gasteiger partial charge in [-0.05, 0) is 0 Å². The Labute approximate surface area is 175 Å². The number of ether oxygens (including phenoxy) is 1. The summed E-state index contributed by atoms with van der Waals surface area (Å²) in [5.41, 5.74) is 4.45. The van der Waals surface area contributed by atoms with Gasteiger partial charge in [-0.15, -0.1) is 0 Å². The van der Waals surface area contributed by atoms with Crippen molar-refractivity contribution in [2.45, 2.75) is 24.5 Å². The van der Waals surface area contributed by atoms with Crippen molar-refractivity contribution < 1.29 is 61.4 Å². The Morgan fingerprint density at radius 3 is 2.28 bits per heavy atom. The molecule has 22 heteroatoms. The lowest BCUT2D eigenvalue weighted by atomic mass is 10.1. The second-order valence-corrected chi connectivity index (χ2v) is 10.6. The van der Waals surface area contributed by atoms with E-state index in [2.05, 4.69) is 28.1 Å². The van der Waals surface area contributed by atoms with Crippen molar-refractivity contribution in [1.29, 1.82) is 0 Å². The van der Waals surface area contributed by atoms with E-state index in [0.717, 1.165) is 10.9 Å². The number of fused-ring (bicyclic) bond motifs is 1. The van der Waals surface area contributed by atoms with Crippen LogP contribution in [0.4, 0.5) is 5.95 Å². The van der Waals surface area contributed by atoms with E-state index in [4.69, 9.17) is 30.0 Å². The maximum absolute atomic E-state index is 12.2. The molecule has 1 saturated heterocycles. The molecule has 1 fully saturated rings. The molecule has 0 radical (unpaired) electrons. The number of aromatic amines is 1. The number of aliphatic hydroxyl groups is 2. The maximum Gasteiger partial charge on any atom is 0.492 e. The van der Waals surface area contributed by atoms with E-state index < -0.39 is 60.2 Å². The number of imidazole rings is 1. The molecular weight excluding hydrogens is 507 g/mol. The zero-order chi connectivity index (χ0) is 24.1. The summed E-state index contributed by atoms with van der Waals surface area (Å²) in [6.07, 6.45) is -5.54. The predicted octanol–water partition coefficient (Wildman–Crippen LogP) is -2.34. The molecule has 0 unspecified atom stereocenters. The first-order valence-corrected chi connectivity index (χ1v) is 12.6. The average molecular weight is 523 g/mol. The molecule has 3 rings (SSSR count). The van der Waals surface area contributed by atoms with E-state index in [1.165, 1.54) is 0 Å². The van der Waals surface area contributed by atoms with Crippen LogP contribution in [0.2, 0.25) is 0 Å². The number of aliphatic hydroxyl groups excluding tert-OH is 2. The van der Waals surface area contributed by atoms with Crippen LogP contribution >= 0.6 is 23.5 Å². The third kappa shape index (κ3) is 5.67. The first kappa shape index (κ1) is 25.1. The number of rotatable bonds is 8. The smallest absolute Gasteiger partial charge is 0.387 e. The van der Waals surface area contributed by atoms with Gasteiger partial charge >= 0.3 is 23.5 Å². The van der Waals surface area contributed by atoms with Gasteiger partial charge in [-0.2, -0.15) is 13.6 Å². The van der Waals surface area contributed by atoms with Gasteiger partial charge < -0.3 is 40.3 Å². The van der Waals surface area contributed by atoms with Gasteiger partial charge in [0, 0.05) is 0 Å². The molecule has 2 aromatic rings. The van der Waals surface area contributed by atoms with E-state index in [-0.39, 0.29) is 17.1 Å². The third-order valence-corrected chi connectivity index (χ3v) is 7.64. The zero-order valence-electron chi connectivity index (χ0n) is 15.3. The van der Waals surface area contributed by atoms with Crippen LogP contribution in [-0.2, 0) is 31.6 Å². The molecule has 4 atom stereocenters. The minimum absolute atomic E-state index is 0.135. The van der Waals surface area contributed by atoms with Gasteiger partial charge in [-0.25, -0.2) is 18.7 Å². The topological polar surface area (TPSA) is 299 Å². The quantitative estimate of drug-likeness (QED) is 0.168. The monoisotopic (exact) mass is 523 g/mol. The molecule has 2 aromatic heterocycles. The largest absolute Gasteiger partial charge is 0.492 e. The van der Waals surface area contributed by atoms with Crippen LogP contribution in [0.25, 0.3) is 11.2 Å². The average Bonchev–Trinajstić information content (AvgIpc) is 3.12. The van der Waals surface area contributed by atoms with Gasteiger partial charge in [0.15, 0.2) is 17.4 Å². The number of nitrogens with two attached hydrogens (primary N) is 1. The first-order valence-electron chi connectivity index (χ1n) is 8.11. The summed E-state index contributed by atoms with van der Waals surface area (Å²) in [7, 11) is -16.8. The number of anilines is 1. The summed E-state index contributed by atoms with van der Waals surface area (Å²) in [5.74, 6) is -0.290. The lowest BCUT2D eigenvalue weighted by Gasteiger charge is -2.21. The van der Waals surface area contributed by atoms with Crippen LogP contribution < -0.4 is 11.3 Å². The van der Waals surface area contributed by atoms with Crippen molar-refractivity contribution in [1.82, 2.24) is 19.5 Å². The summed E-state index contributed by atoms with van der Waals surface area (Å²) in [5, 5.41) is 20.5. The molecule has 0 aromatic carbocycles. The number of H-pyrrole nitrogens is 1. The Morgan fingerprint density at radius 1 is 1.12 bits per heavy atom. The molecule has 1 aliphatic heterocycles. The van der Waals surface area contributed by atoms with E-state index in [1.54, 1.807) is 0 Å². The van der Waals surface area contributed by atoms with Crippen LogP contribution in [0.15, 0.2) is 11.1 Å². The molecule has 19 nitrogen and oxygen atoms in total. The lowest BCUT2D eigenvalue weighted by molar-refractivity contribution is -0.0502. The minimum Gasteiger partial charge on any atom is -0.387 e. The van der Waals surface area contributed by atoms with Gasteiger partial charge in [-0.1, -0.05) is 0 Å². The molecule has 0 aliphatic carbocycles. The number of nitrogen functional groups attached to an aromatic ring is 1. The summed E-state index contributed by atoms with van der Waals surface area (Å²) in [6.45, 7) is -1.09. The van der Waals surface area contributed by atoms with E-state index >= 15 is 0 Å². The molecule has 32 heavy (non-hydrogen) atoms. The fraction of sp³-hybridized carbons (Fsp3) is 0.500. The van der Waals surface area contributed by atoms with Crippen molar-refractivity contribution >= 4 is 40.6 Å². The van der Waals surface area contributed by atoms with Crippen molar-refractivity contribution in [2.75, 3.05) is 12.3 Å². The van der Waals surface area contributed by atoms with Crippen LogP contribution in [0.1, 0.15) is 6.23 Å². The number of aromatic nitrogens is 4. The molecule has 3 heterocycles. The number of phosphoric acid groups is 3. The molecule has 0 amide bonds. The second kappa shape index (κ2) is 8.66. The van der Waals surface area contributed by atoms with Crippen LogP contribution in [0, 0.1) is 0 Å². The summed E-state index contributed by atoms with van der Waals surface area (Å²) < 4.78 is 52.4. The van der Waals surface area contributed by atoms with Gasteiger partial charge in [0.25, 0.3) is 5.56 Å². The summed E-state index contributed by atoms with van der Waals surface area (Å²) in [6, 6.07) is 0. The molecule has 0 bridgehead atoms. The predicted molar refractivity (Wildman–Crippen MR) is 98.3 cm³/mol. The van der Waals surface area contributed by atoms with Gasteiger partial charge in [-0.3, -0.25) is 18.9 Å². The molecule has 9 N–H and O–H groups in total. The standard InChI is InChI=1S/C10H16N5O14P3/c11-10-13-7-4(8(18)14-10)12-2-15(7)9-6(17)5(16)3(27-9)1-26-32(25,28-30(19,20)21)29-31(22,23)24/h2-3,5-6,9,16-17H,1H2,(H2,19,20,21)(H2,22,23,24)(H3,11,13,14,18)/t3-,5-,6-,9-/m1/s1. The number of hydrogen-bond acceptors (Lipinski definition) is 13. The van der Waals surface area contributed by atoms with Crippen molar-refractivity contribution in [3.05, 3.63) is 16.7 Å². The number of nitrogens with zero attached hydrogens (tertiary/aromatic N) is 3. The van der Waals surface area contributed by atoms with Crippen LogP contribution in [0.5, 0.6) is 0 Å². The Hall–Kier alpha value is -1.56. The SMILES string of the molecule is Nc1nc2c(ncn2[C@@H]2O[C@H](COP(=O)(OP(=O)(O)O)OP(=O)(O)O)[C@@H](O)[C@H]2O)c(=O)[nH]1. The molecule has 180 valence electrons. The Bertz CT molecular complexity index is 1170. The van der Waals surface area contributed by atoms with E-state index in [0.29, 0.717) is 0 Å². The van der Waals surface area contributed by atoms with Crippen LogP contribution in [0.3, 0.4) is 0 Å². The Kier molecular flexibility index (Phi) is 6.78. The van der Waals surface area contributed by atoms with E-state index in [9.17, 15) is 28.7 Å². The minimum atomic E-state index is -5.62. The third-order valence-electron chi connectivity index (χ3n) is 3.87. The maximum atomic E-state index is 12.2. The fourth-order valence-corrected chi connectivity index (χ4v) is 5.89. The highest BCUT2D eigenvalue weighted by Crippen LogP contribution is 2.67.